The summed E-state index contributed by atoms with van der Waals surface area (Å²) < 4.78 is 36.7. The van der Waals surface area contributed by atoms with Gasteiger partial charge in [0, 0.05) is 50.3 Å². The highest BCUT2D eigenvalue weighted by Gasteiger charge is 2.29. The molecule has 228 valence electrons. The van der Waals surface area contributed by atoms with Gasteiger partial charge in [0.1, 0.15) is 17.1 Å². The van der Waals surface area contributed by atoms with Crippen LogP contribution < -0.4 is 10.3 Å². The van der Waals surface area contributed by atoms with Gasteiger partial charge in [-0.1, -0.05) is 19.9 Å². The number of piperazine rings is 1. The first-order chi connectivity index (χ1) is 21.4. The maximum absolute atomic E-state index is 13.7. The Morgan fingerprint density at radius 3 is 2.52 bits per heavy atom. The van der Waals surface area contributed by atoms with E-state index in [1.54, 1.807) is 47.5 Å². The van der Waals surface area contributed by atoms with Crippen LogP contribution in [0.1, 0.15) is 26.0 Å². The predicted molar refractivity (Wildman–Crippen MR) is 167 cm³/mol. The molecule has 13 heteroatoms. The zero-order valence-electron chi connectivity index (χ0n) is 24.7. The number of aromatic nitrogens is 6. The monoisotopic (exact) mass is 614 g/mol. The molecule has 12 nitrogen and oxygen atoms in total. The molecule has 6 rings (SSSR count). The zero-order chi connectivity index (χ0) is 30.7. The second-order valence-electron chi connectivity index (χ2n) is 10.5. The average Bonchev–Trinajstić information content (AvgIpc) is 3.42. The van der Waals surface area contributed by atoms with Gasteiger partial charge in [-0.2, -0.15) is 9.40 Å². The lowest BCUT2D eigenvalue weighted by molar-refractivity contribution is 0.196. The number of ether oxygens (including phenoxy) is 1. The van der Waals surface area contributed by atoms with Crippen LogP contribution in [0, 0.1) is 0 Å². The molecule has 0 spiro atoms. The molecule has 44 heavy (non-hydrogen) atoms. The van der Waals surface area contributed by atoms with Gasteiger partial charge < -0.3 is 14.6 Å². The Labute approximate surface area is 255 Å². The third-order valence-electron chi connectivity index (χ3n) is 7.66. The highest BCUT2D eigenvalue weighted by Crippen LogP contribution is 2.34. The van der Waals surface area contributed by atoms with E-state index < -0.39 is 15.6 Å². The lowest BCUT2D eigenvalue weighted by Gasteiger charge is -2.33. The molecular weight excluding hydrogens is 580 g/mol. The third-order valence-corrected chi connectivity index (χ3v) is 9.55. The van der Waals surface area contributed by atoms with Crippen LogP contribution in [0.4, 0.5) is 0 Å². The number of likely N-dealkylation sites (N-methyl/N-ethyl adjacent to an activating group) is 1. The number of hydrogen-bond acceptors (Lipinski definition) is 9. The summed E-state index contributed by atoms with van der Waals surface area (Å²) in [4.78, 5) is 32.3. The van der Waals surface area contributed by atoms with E-state index in [0.29, 0.717) is 61.9 Å². The van der Waals surface area contributed by atoms with Crippen LogP contribution in [-0.4, -0.2) is 86.7 Å². The molecule has 0 atom stereocenters. The fourth-order valence-electron chi connectivity index (χ4n) is 5.32. The highest BCUT2D eigenvalue weighted by atomic mass is 32.2. The summed E-state index contributed by atoms with van der Waals surface area (Å²) in [6, 6.07) is 14.0. The first kappa shape index (κ1) is 29.6. The summed E-state index contributed by atoms with van der Waals surface area (Å²) in [5.74, 6) is 0.608. The van der Waals surface area contributed by atoms with Gasteiger partial charge in [-0.15, -0.1) is 0 Å². The highest BCUT2D eigenvalue weighted by molar-refractivity contribution is 7.89. The number of sulfonamides is 1. The van der Waals surface area contributed by atoms with Gasteiger partial charge in [-0.3, -0.25) is 19.4 Å². The van der Waals surface area contributed by atoms with Gasteiger partial charge in [0.05, 0.1) is 35.0 Å². The Balaban J connectivity index is 1.49. The van der Waals surface area contributed by atoms with Gasteiger partial charge in [0.2, 0.25) is 10.0 Å². The van der Waals surface area contributed by atoms with Gasteiger partial charge in [0.15, 0.2) is 5.52 Å². The van der Waals surface area contributed by atoms with Crippen LogP contribution in [0.2, 0.25) is 0 Å². The van der Waals surface area contributed by atoms with Gasteiger partial charge in [-0.05, 0) is 55.4 Å². The molecule has 0 radical (unpaired) electrons. The topological polar surface area (TPSA) is 139 Å². The van der Waals surface area contributed by atoms with Crippen LogP contribution in [0.25, 0.3) is 33.7 Å². The number of rotatable bonds is 10. The zero-order valence-corrected chi connectivity index (χ0v) is 25.5. The molecule has 0 unspecified atom stereocenters. The van der Waals surface area contributed by atoms with Crippen LogP contribution in [0.15, 0.2) is 76.8 Å². The van der Waals surface area contributed by atoms with Crippen molar-refractivity contribution in [2.75, 3.05) is 39.3 Å². The summed E-state index contributed by atoms with van der Waals surface area (Å²) >= 11 is 0. The Bertz CT molecular complexity index is 1920. The molecule has 1 aromatic carbocycles. The summed E-state index contributed by atoms with van der Waals surface area (Å²) in [6.45, 7) is 7.80. The molecule has 1 fully saturated rings. The summed E-state index contributed by atoms with van der Waals surface area (Å²) in [7, 11) is -3.80. The fraction of sp³-hybridized carbons (Fsp3) is 0.323. The molecule has 1 saturated heterocycles. The number of pyridine rings is 2. The third kappa shape index (κ3) is 5.85. The quantitative estimate of drug-likeness (QED) is 0.251. The van der Waals surface area contributed by atoms with Crippen molar-refractivity contribution in [1.29, 1.82) is 0 Å². The lowest BCUT2D eigenvalue weighted by atomic mass is 10.1. The molecule has 1 N–H and O–H groups in total. The fourth-order valence-corrected chi connectivity index (χ4v) is 6.77. The molecule has 0 aliphatic carbocycles. The minimum atomic E-state index is -3.80. The van der Waals surface area contributed by atoms with E-state index in [2.05, 4.69) is 31.9 Å². The maximum atomic E-state index is 13.7. The van der Waals surface area contributed by atoms with Crippen molar-refractivity contribution < 1.29 is 13.2 Å². The molecule has 5 heterocycles. The summed E-state index contributed by atoms with van der Waals surface area (Å²) in [5, 5.41) is 4.63. The number of nitrogens with zero attached hydrogens (tertiary/aromatic N) is 7. The molecule has 5 aromatic rings. The first-order valence-corrected chi connectivity index (χ1v) is 16.1. The Kier molecular flexibility index (Phi) is 8.51. The normalized spacial score (nSPS) is 14.7. The number of fused-ring (bicyclic) bond motifs is 1. The first-order valence-electron chi connectivity index (χ1n) is 14.7. The van der Waals surface area contributed by atoms with E-state index in [9.17, 15) is 13.2 Å². The van der Waals surface area contributed by atoms with E-state index >= 15 is 0 Å². The van der Waals surface area contributed by atoms with Crippen LogP contribution in [0.3, 0.4) is 0 Å². The Hall–Kier alpha value is -4.46. The number of nitrogens with one attached hydrogen (secondary N) is 1. The van der Waals surface area contributed by atoms with E-state index in [0.717, 1.165) is 24.2 Å². The molecule has 0 saturated carbocycles. The molecule has 4 aromatic heterocycles. The van der Waals surface area contributed by atoms with Crippen molar-refractivity contribution in [3.05, 3.63) is 83.2 Å². The summed E-state index contributed by atoms with van der Waals surface area (Å²) in [5.41, 5.74) is 2.51. The molecule has 0 bridgehead atoms. The smallest absolute Gasteiger partial charge is 0.279 e. The van der Waals surface area contributed by atoms with Crippen LogP contribution >= 0.6 is 0 Å². The van der Waals surface area contributed by atoms with Crippen molar-refractivity contribution in [1.82, 2.24) is 38.9 Å². The van der Waals surface area contributed by atoms with Gasteiger partial charge >= 0.3 is 0 Å². The molecule has 1 aliphatic rings. The Morgan fingerprint density at radius 1 is 0.977 bits per heavy atom. The SMILES string of the molecule is CCCOc1ccc(S(=O)(=O)N2CCN(CC)CC2)cc1-c1nc2c(-c3cccnc3)n(Cc3ccccn3)nc2c(=O)[nH]1. The number of benzene rings is 1. The molecule has 1 aliphatic heterocycles. The predicted octanol–water partition coefficient (Wildman–Crippen LogP) is 3.41. The van der Waals surface area contributed by atoms with Crippen LogP contribution in [0.5, 0.6) is 5.75 Å². The largest absolute Gasteiger partial charge is 0.493 e. The van der Waals surface area contributed by atoms with Gasteiger partial charge in [0.25, 0.3) is 5.56 Å². The van der Waals surface area contributed by atoms with Gasteiger partial charge in [-0.25, -0.2) is 13.4 Å². The number of hydrogen-bond donors (Lipinski definition) is 1. The summed E-state index contributed by atoms with van der Waals surface area (Å²) in [6.07, 6.45) is 5.81. The number of aromatic amines is 1. The number of H-pyrrole nitrogens is 1. The average molecular weight is 615 g/mol. The molecular formula is C31H34N8O4S. The van der Waals surface area contributed by atoms with Crippen molar-refractivity contribution in [2.45, 2.75) is 31.7 Å². The van der Waals surface area contributed by atoms with E-state index in [1.165, 1.54) is 4.31 Å². The Morgan fingerprint density at radius 2 is 1.82 bits per heavy atom. The van der Waals surface area contributed by atoms with Crippen molar-refractivity contribution >= 4 is 21.1 Å². The van der Waals surface area contributed by atoms with Crippen molar-refractivity contribution in [3.8, 4) is 28.4 Å². The standard InChI is InChI=1S/C31H34N8O4S/c1-3-18-43-26-11-10-24(44(41,42)38-16-14-37(4-2)15-17-38)19-25(26)30-34-27-28(31(40)35-30)36-39(21-23-9-5-6-13-33-23)29(27)22-8-7-12-32-20-22/h5-13,19-20H,3-4,14-18,21H2,1-2H3,(H,34,35,40). The van der Waals surface area contributed by atoms with Crippen LogP contribution in [-0.2, 0) is 16.6 Å². The maximum Gasteiger partial charge on any atom is 0.279 e. The van der Waals surface area contributed by atoms with E-state index in [4.69, 9.17) is 9.72 Å². The van der Waals surface area contributed by atoms with E-state index in [-0.39, 0.29) is 16.2 Å². The lowest BCUT2D eigenvalue weighted by Crippen LogP contribution is -2.48. The second kappa shape index (κ2) is 12.6. The van der Waals surface area contributed by atoms with Crippen molar-refractivity contribution in [2.24, 2.45) is 0 Å². The van der Waals surface area contributed by atoms with E-state index in [1.807, 2.05) is 31.2 Å². The second-order valence-corrected chi connectivity index (χ2v) is 12.5. The minimum absolute atomic E-state index is 0.113. The minimum Gasteiger partial charge on any atom is -0.493 e. The van der Waals surface area contributed by atoms with Crippen molar-refractivity contribution in [3.63, 3.8) is 0 Å². The molecule has 0 amide bonds.